The summed E-state index contributed by atoms with van der Waals surface area (Å²) < 4.78 is 5.25. The molecule has 0 fully saturated rings. The first kappa shape index (κ1) is 15.5. The Morgan fingerprint density at radius 2 is 1.95 bits per heavy atom. The quantitative estimate of drug-likeness (QED) is 0.803. The van der Waals surface area contributed by atoms with Crippen molar-refractivity contribution in [3.8, 4) is 0 Å². The van der Waals surface area contributed by atoms with Gasteiger partial charge in [-0.2, -0.15) is 0 Å². The van der Waals surface area contributed by atoms with E-state index in [2.05, 4.69) is 10.2 Å². The van der Waals surface area contributed by atoms with E-state index in [1.165, 1.54) is 0 Å². The predicted octanol–water partition coefficient (Wildman–Crippen LogP) is 2.53. The molecule has 0 heterocycles. The van der Waals surface area contributed by atoms with Crippen molar-refractivity contribution in [1.82, 2.24) is 5.32 Å². The van der Waals surface area contributed by atoms with Gasteiger partial charge in [-0.05, 0) is 32.8 Å². The molecule has 0 aliphatic rings. The van der Waals surface area contributed by atoms with Crippen molar-refractivity contribution in [2.45, 2.75) is 38.8 Å². The monoisotopic (exact) mass is 266 g/mol. The molecule has 1 amide bonds. The van der Waals surface area contributed by atoms with Gasteiger partial charge in [0, 0.05) is 0 Å². The van der Waals surface area contributed by atoms with Crippen LogP contribution in [0.1, 0.15) is 38.8 Å². The van der Waals surface area contributed by atoms with Crippen molar-refractivity contribution in [3.05, 3.63) is 35.9 Å². The number of hydrogen-bond acceptors (Lipinski definition) is 4. The van der Waals surface area contributed by atoms with Crippen LogP contribution in [0.25, 0.3) is 0 Å². The highest BCUT2D eigenvalue weighted by Crippen LogP contribution is 2.17. The summed E-state index contributed by atoms with van der Waals surface area (Å²) in [7, 11) is 0. The zero-order valence-corrected chi connectivity index (χ0v) is 11.7. The normalized spacial score (nSPS) is 12.8. The lowest BCUT2D eigenvalue weighted by Crippen LogP contribution is -2.35. The number of rotatable bonds is 5. The van der Waals surface area contributed by atoms with E-state index in [0.717, 1.165) is 5.56 Å². The maximum Gasteiger partial charge on any atom is 0.408 e. The Morgan fingerprint density at radius 1 is 1.32 bits per heavy atom. The van der Waals surface area contributed by atoms with Gasteiger partial charge in [-0.15, -0.1) is 0 Å². The van der Waals surface area contributed by atoms with Gasteiger partial charge in [-0.3, -0.25) is 0 Å². The van der Waals surface area contributed by atoms with Crippen molar-refractivity contribution in [2.24, 2.45) is 5.90 Å². The van der Waals surface area contributed by atoms with Crippen molar-refractivity contribution in [3.63, 3.8) is 0 Å². The molecule has 0 saturated carbocycles. The van der Waals surface area contributed by atoms with Gasteiger partial charge in [-0.1, -0.05) is 30.3 Å². The Kier molecular flexibility index (Phi) is 5.79. The Bertz CT molecular complexity index is 387. The molecule has 5 nitrogen and oxygen atoms in total. The van der Waals surface area contributed by atoms with Crippen LogP contribution in [0.5, 0.6) is 0 Å². The Morgan fingerprint density at radius 3 is 2.47 bits per heavy atom. The number of carbonyl (C=O) groups is 1. The lowest BCUT2D eigenvalue weighted by Gasteiger charge is -2.23. The highest BCUT2D eigenvalue weighted by molar-refractivity contribution is 5.68. The van der Waals surface area contributed by atoms with Crippen LogP contribution in [-0.4, -0.2) is 18.3 Å². The van der Waals surface area contributed by atoms with E-state index in [-0.39, 0.29) is 6.04 Å². The number of carbonyl (C=O) groups excluding carboxylic acids is 1. The Balaban J connectivity index is 2.67. The average molecular weight is 266 g/mol. The fraction of sp³-hybridized carbons (Fsp3) is 0.500. The van der Waals surface area contributed by atoms with Crippen LogP contribution in [-0.2, 0) is 9.57 Å². The first-order chi connectivity index (χ1) is 8.92. The third-order valence-electron chi connectivity index (χ3n) is 2.42. The third-order valence-corrected chi connectivity index (χ3v) is 2.42. The minimum Gasteiger partial charge on any atom is -0.444 e. The van der Waals surface area contributed by atoms with Crippen LogP contribution in [0.4, 0.5) is 4.79 Å². The summed E-state index contributed by atoms with van der Waals surface area (Å²) >= 11 is 0. The fourth-order valence-electron chi connectivity index (χ4n) is 1.64. The minimum atomic E-state index is -0.518. The largest absolute Gasteiger partial charge is 0.444 e. The van der Waals surface area contributed by atoms with E-state index in [4.69, 9.17) is 10.6 Å². The summed E-state index contributed by atoms with van der Waals surface area (Å²) in [6.45, 7) is 5.84. The number of nitrogens with two attached hydrogens (primary N) is 1. The zero-order chi connectivity index (χ0) is 14.3. The molecule has 0 saturated heterocycles. The van der Waals surface area contributed by atoms with Crippen LogP contribution >= 0.6 is 0 Å². The van der Waals surface area contributed by atoms with E-state index in [1.54, 1.807) is 0 Å². The van der Waals surface area contributed by atoms with Gasteiger partial charge >= 0.3 is 6.09 Å². The molecule has 106 valence electrons. The molecule has 1 aromatic carbocycles. The SMILES string of the molecule is CC(C)(C)OC(=O)NC(CCON)c1ccccc1. The molecule has 1 unspecified atom stereocenters. The Hall–Kier alpha value is -1.59. The maximum absolute atomic E-state index is 11.8. The van der Waals surface area contributed by atoms with E-state index < -0.39 is 11.7 Å². The predicted molar refractivity (Wildman–Crippen MR) is 73.3 cm³/mol. The maximum atomic E-state index is 11.8. The van der Waals surface area contributed by atoms with Crippen LogP contribution in [0.2, 0.25) is 0 Å². The second kappa shape index (κ2) is 7.11. The summed E-state index contributed by atoms with van der Waals surface area (Å²) in [5.41, 5.74) is 0.473. The molecule has 1 rings (SSSR count). The highest BCUT2D eigenvalue weighted by Gasteiger charge is 2.20. The number of hydrogen-bond donors (Lipinski definition) is 2. The molecule has 5 heteroatoms. The molecular formula is C14H22N2O3. The van der Waals surface area contributed by atoms with Crippen molar-refractivity contribution in [1.29, 1.82) is 0 Å². The first-order valence-corrected chi connectivity index (χ1v) is 6.28. The summed E-state index contributed by atoms with van der Waals surface area (Å²) in [5.74, 6) is 5.04. The highest BCUT2D eigenvalue weighted by atomic mass is 16.6. The van der Waals surface area contributed by atoms with Crippen molar-refractivity contribution < 1.29 is 14.4 Å². The number of benzene rings is 1. The van der Waals surface area contributed by atoms with Gasteiger partial charge in [0.2, 0.25) is 0 Å². The van der Waals surface area contributed by atoms with E-state index in [0.29, 0.717) is 13.0 Å². The molecule has 0 aromatic heterocycles. The molecule has 0 spiro atoms. The van der Waals surface area contributed by atoms with Crippen LogP contribution in [0.15, 0.2) is 30.3 Å². The van der Waals surface area contributed by atoms with E-state index >= 15 is 0 Å². The van der Waals surface area contributed by atoms with Gasteiger partial charge in [0.05, 0.1) is 12.6 Å². The van der Waals surface area contributed by atoms with E-state index in [9.17, 15) is 4.79 Å². The summed E-state index contributed by atoms with van der Waals surface area (Å²) in [4.78, 5) is 16.4. The van der Waals surface area contributed by atoms with E-state index in [1.807, 2.05) is 51.1 Å². The van der Waals surface area contributed by atoms with Gasteiger partial charge in [-0.25, -0.2) is 10.7 Å². The lowest BCUT2D eigenvalue weighted by molar-refractivity contribution is 0.0485. The van der Waals surface area contributed by atoms with Gasteiger partial charge in [0.25, 0.3) is 0 Å². The van der Waals surface area contributed by atoms with Gasteiger partial charge < -0.3 is 14.9 Å². The van der Waals surface area contributed by atoms with Gasteiger partial charge in [0.1, 0.15) is 5.60 Å². The molecule has 0 bridgehead atoms. The smallest absolute Gasteiger partial charge is 0.408 e. The van der Waals surface area contributed by atoms with Crippen molar-refractivity contribution in [2.75, 3.05) is 6.61 Å². The number of ether oxygens (including phenoxy) is 1. The molecule has 1 atom stereocenters. The molecule has 0 aliphatic heterocycles. The number of amides is 1. The molecule has 3 N–H and O–H groups in total. The Labute approximate surface area is 114 Å². The molecular weight excluding hydrogens is 244 g/mol. The topological polar surface area (TPSA) is 73.6 Å². The van der Waals surface area contributed by atoms with Crippen LogP contribution < -0.4 is 11.2 Å². The van der Waals surface area contributed by atoms with Gasteiger partial charge in [0.15, 0.2) is 0 Å². The number of alkyl carbamates (subject to hydrolysis) is 1. The number of nitrogens with one attached hydrogen (secondary N) is 1. The minimum absolute atomic E-state index is 0.181. The second-order valence-corrected chi connectivity index (χ2v) is 5.27. The second-order valence-electron chi connectivity index (χ2n) is 5.27. The summed E-state index contributed by atoms with van der Waals surface area (Å²) in [5, 5.41) is 2.83. The standard InChI is InChI=1S/C14H22N2O3/c1-14(2,3)19-13(17)16-12(9-10-18-15)11-7-5-4-6-8-11/h4-8,12H,9-10,15H2,1-3H3,(H,16,17). The zero-order valence-electron chi connectivity index (χ0n) is 11.7. The third kappa shape index (κ3) is 6.22. The fourth-order valence-corrected chi connectivity index (χ4v) is 1.64. The van der Waals surface area contributed by atoms with Crippen LogP contribution in [0.3, 0.4) is 0 Å². The molecule has 0 aliphatic carbocycles. The average Bonchev–Trinajstić information content (AvgIpc) is 2.33. The molecule has 19 heavy (non-hydrogen) atoms. The summed E-state index contributed by atoms with van der Waals surface area (Å²) in [6, 6.07) is 9.47. The van der Waals surface area contributed by atoms with Crippen LogP contribution in [0, 0.1) is 0 Å². The molecule has 0 radical (unpaired) electrons. The summed E-state index contributed by atoms with van der Waals surface area (Å²) in [6.07, 6.45) is 0.137. The molecule has 1 aromatic rings. The lowest BCUT2D eigenvalue weighted by atomic mass is 10.0. The first-order valence-electron chi connectivity index (χ1n) is 6.28. The van der Waals surface area contributed by atoms with Crippen molar-refractivity contribution >= 4 is 6.09 Å².